The molecule has 1 aliphatic heterocycles. The van der Waals surface area contributed by atoms with Crippen LogP contribution in [0.3, 0.4) is 0 Å². The lowest BCUT2D eigenvalue weighted by Gasteiger charge is -2.43. The summed E-state index contributed by atoms with van der Waals surface area (Å²) in [5.74, 6) is 0.435. The van der Waals surface area contributed by atoms with Crippen molar-refractivity contribution in [3.8, 4) is 0 Å². The summed E-state index contributed by atoms with van der Waals surface area (Å²) in [5, 5.41) is 0. The SMILES string of the molecule is Cc1ccc([C@@]2(CCNS(=O)(=O)c3ccc(C)cc3)CCO[C@H](C(C)C)C2)cc1. The summed E-state index contributed by atoms with van der Waals surface area (Å²) in [5.41, 5.74) is 3.49. The number of aryl methyl sites for hydroxylation is 2. The van der Waals surface area contributed by atoms with Crippen molar-refractivity contribution in [3.63, 3.8) is 0 Å². The van der Waals surface area contributed by atoms with Gasteiger partial charge in [0.15, 0.2) is 0 Å². The summed E-state index contributed by atoms with van der Waals surface area (Å²) < 4.78 is 34.3. The van der Waals surface area contributed by atoms with E-state index >= 15 is 0 Å². The first-order valence-corrected chi connectivity index (χ1v) is 12.0. The molecule has 0 aromatic heterocycles. The molecule has 0 unspecified atom stereocenters. The van der Waals surface area contributed by atoms with Crippen LogP contribution in [-0.2, 0) is 20.2 Å². The van der Waals surface area contributed by atoms with Crippen LogP contribution in [0.2, 0.25) is 0 Å². The maximum absolute atomic E-state index is 12.7. The predicted molar refractivity (Wildman–Crippen MR) is 118 cm³/mol. The first kappa shape index (κ1) is 22.0. The zero-order chi connectivity index (χ0) is 21.1. The minimum absolute atomic E-state index is 0.0727. The van der Waals surface area contributed by atoms with Crippen LogP contribution in [-0.4, -0.2) is 27.7 Å². The standard InChI is InChI=1S/C24H33NO3S/c1-18(2)23-17-24(14-16-28-23,21-9-5-19(3)6-10-21)13-15-25-29(26,27)22-11-7-20(4)8-12-22/h5-12,18,23,25H,13-17H2,1-4H3/t23-,24-/m0/s1. The third-order valence-corrected chi connectivity index (χ3v) is 7.62. The molecule has 2 aromatic carbocycles. The normalized spacial score (nSPS) is 22.7. The minimum atomic E-state index is -3.50. The molecule has 2 atom stereocenters. The van der Waals surface area contributed by atoms with Gasteiger partial charge in [0, 0.05) is 18.6 Å². The summed E-state index contributed by atoms with van der Waals surface area (Å²) in [6.07, 6.45) is 2.78. The molecular weight excluding hydrogens is 382 g/mol. The lowest BCUT2D eigenvalue weighted by molar-refractivity contribution is -0.0466. The molecule has 2 aromatic rings. The van der Waals surface area contributed by atoms with Gasteiger partial charge in [-0.25, -0.2) is 13.1 Å². The van der Waals surface area contributed by atoms with Crippen LogP contribution < -0.4 is 4.72 Å². The first-order valence-electron chi connectivity index (χ1n) is 10.5. The highest BCUT2D eigenvalue weighted by Crippen LogP contribution is 2.41. The molecule has 1 aliphatic rings. The molecular formula is C24H33NO3S. The van der Waals surface area contributed by atoms with Crippen molar-refractivity contribution < 1.29 is 13.2 Å². The molecule has 0 aliphatic carbocycles. The summed E-state index contributed by atoms with van der Waals surface area (Å²) in [6, 6.07) is 15.7. The maximum atomic E-state index is 12.7. The molecule has 5 heteroatoms. The Labute approximate surface area is 175 Å². The number of benzene rings is 2. The van der Waals surface area contributed by atoms with Gasteiger partial charge in [0.2, 0.25) is 10.0 Å². The van der Waals surface area contributed by atoms with Gasteiger partial charge in [-0.3, -0.25) is 0 Å². The minimum Gasteiger partial charge on any atom is -0.378 e. The number of rotatable bonds is 7. The molecule has 0 saturated carbocycles. The highest BCUT2D eigenvalue weighted by molar-refractivity contribution is 7.89. The number of hydrogen-bond acceptors (Lipinski definition) is 3. The lowest BCUT2D eigenvalue weighted by Crippen LogP contribution is -2.43. The predicted octanol–water partition coefficient (Wildman–Crippen LogP) is 4.74. The Bertz CT molecular complexity index is 904. The number of ether oxygens (including phenoxy) is 1. The average molecular weight is 416 g/mol. The van der Waals surface area contributed by atoms with Gasteiger partial charge < -0.3 is 4.74 Å². The van der Waals surface area contributed by atoms with E-state index < -0.39 is 10.0 Å². The molecule has 29 heavy (non-hydrogen) atoms. The van der Waals surface area contributed by atoms with E-state index in [1.54, 1.807) is 12.1 Å². The van der Waals surface area contributed by atoms with Crippen molar-refractivity contribution in [2.45, 2.75) is 63.4 Å². The van der Waals surface area contributed by atoms with E-state index in [1.807, 2.05) is 19.1 Å². The summed E-state index contributed by atoms with van der Waals surface area (Å²) in [7, 11) is -3.50. The Kier molecular flexibility index (Phi) is 6.82. The van der Waals surface area contributed by atoms with E-state index in [0.29, 0.717) is 24.0 Å². The Morgan fingerprint density at radius 2 is 1.62 bits per heavy atom. The smallest absolute Gasteiger partial charge is 0.240 e. The van der Waals surface area contributed by atoms with Gasteiger partial charge in [0.05, 0.1) is 11.0 Å². The lowest BCUT2D eigenvalue weighted by atomic mass is 9.68. The fourth-order valence-electron chi connectivity index (χ4n) is 4.15. The highest BCUT2D eigenvalue weighted by Gasteiger charge is 2.39. The van der Waals surface area contributed by atoms with Crippen LogP contribution >= 0.6 is 0 Å². The van der Waals surface area contributed by atoms with E-state index in [0.717, 1.165) is 24.8 Å². The van der Waals surface area contributed by atoms with Gasteiger partial charge in [-0.1, -0.05) is 61.4 Å². The Hall–Kier alpha value is -1.69. The van der Waals surface area contributed by atoms with Gasteiger partial charge in [-0.15, -0.1) is 0 Å². The van der Waals surface area contributed by atoms with Crippen molar-refractivity contribution in [1.29, 1.82) is 0 Å². The molecule has 0 radical (unpaired) electrons. The second kappa shape index (κ2) is 8.99. The van der Waals surface area contributed by atoms with Gasteiger partial charge in [0.25, 0.3) is 0 Å². The van der Waals surface area contributed by atoms with Crippen LogP contribution in [0.1, 0.15) is 49.8 Å². The zero-order valence-electron chi connectivity index (χ0n) is 17.9. The highest BCUT2D eigenvalue weighted by atomic mass is 32.2. The molecule has 1 N–H and O–H groups in total. The molecule has 1 heterocycles. The van der Waals surface area contributed by atoms with Crippen LogP contribution in [0, 0.1) is 19.8 Å². The fourth-order valence-corrected chi connectivity index (χ4v) is 5.18. The van der Waals surface area contributed by atoms with Crippen LogP contribution in [0.4, 0.5) is 0 Å². The Morgan fingerprint density at radius 3 is 2.21 bits per heavy atom. The number of hydrogen-bond donors (Lipinski definition) is 1. The van der Waals surface area contributed by atoms with Crippen molar-refractivity contribution in [2.75, 3.05) is 13.2 Å². The van der Waals surface area contributed by atoms with Crippen molar-refractivity contribution in [2.24, 2.45) is 5.92 Å². The van der Waals surface area contributed by atoms with Gasteiger partial charge >= 0.3 is 0 Å². The largest absolute Gasteiger partial charge is 0.378 e. The van der Waals surface area contributed by atoms with E-state index in [9.17, 15) is 8.42 Å². The maximum Gasteiger partial charge on any atom is 0.240 e. The third-order valence-electron chi connectivity index (χ3n) is 6.14. The molecule has 158 valence electrons. The Morgan fingerprint density at radius 1 is 1.03 bits per heavy atom. The number of sulfonamides is 1. The van der Waals surface area contributed by atoms with E-state index in [-0.39, 0.29) is 11.5 Å². The van der Waals surface area contributed by atoms with Crippen molar-refractivity contribution in [3.05, 3.63) is 65.2 Å². The molecule has 1 fully saturated rings. The van der Waals surface area contributed by atoms with Crippen LogP contribution in [0.5, 0.6) is 0 Å². The second-order valence-corrected chi connectivity index (χ2v) is 10.5. The van der Waals surface area contributed by atoms with Crippen molar-refractivity contribution >= 4 is 10.0 Å². The quantitative estimate of drug-likeness (QED) is 0.710. The summed E-state index contributed by atoms with van der Waals surface area (Å²) in [6.45, 7) is 9.54. The van der Waals surface area contributed by atoms with E-state index in [2.05, 4.69) is 49.8 Å². The van der Waals surface area contributed by atoms with E-state index in [1.165, 1.54) is 11.1 Å². The Balaban J connectivity index is 1.78. The zero-order valence-corrected chi connectivity index (χ0v) is 18.8. The molecule has 0 spiro atoms. The summed E-state index contributed by atoms with van der Waals surface area (Å²) in [4.78, 5) is 0.319. The fraction of sp³-hybridized carbons (Fsp3) is 0.500. The van der Waals surface area contributed by atoms with E-state index in [4.69, 9.17) is 4.74 Å². The average Bonchev–Trinajstić information content (AvgIpc) is 2.69. The molecule has 0 amide bonds. The topological polar surface area (TPSA) is 55.4 Å². The summed E-state index contributed by atoms with van der Waals surface area (Å²) >= 11 is 0. The molecule has 4 nitrogen and oxygen atoms in total. The van der Waals surface area contributed by atoms with Gasteiger partial charge in [0.1, 0.15) is 0 Å². The molecule has 0 bridgehead atoms. The number of nitrogens with one attached hydrogen (secondary N) is 1. The second-order valence-electron chi connectivity index (χ2n) is 8.71. The third kappa shape index (κ3) is 5.27. The van der Waals surface area contributed by atoms with Crippen molar-refractivity contribution in [1.82, 2.24) is 4.72 Å². The van der Waals surface area contributed by atoms with Crippen LogP contribution in [0.25, 0.3) is 0 Å². The van der Waals surface area contributed by atoms with Crippen LogP contribution in [0.15, 0.2) is 53.4 Å². The first-order chi connectivity index (χ1) is 13.7. The van der Waals surface area contributed by atoms with Gasteiger partial charge in [-0.2, -0.15) is 0 Å². The monoisotopic (exact) mass is 415 g/mol. The molecule has 1 saturated heterocycles. The molecule has 3 rings (SSSR count). The van der Waals surface area contributed by atoms with Gasteiger partial charge in [-0.05, 0) is 56.7 Å².